The summed E-state index contributed by atoms with van der Waals surface area (Å²) in [5.41, 5.74) is 1.80. The molecule has 2 aromatic carbocycles. The first-order chi connectivity index (χ1) is 9.06. The van der Waals surface area contributed by atoms with E-state index in [1.165, 1.54) is 0 Å². The summed E-state index contributed by atoms with van der Waals surface area (Å²) in [6, 6.07) is 13.1. The molecule has 0 amide bonds. The highest BCUT2D eigenvalue weighted by Crippen LogP contribution is 2.23. The van der Waals surface area contributed by atoms with Gasteiger partial charge in [-0.1, -0.05) is 45.7 Å². The van der Waals surface area contributed by atoms with E-state index < -0.39 is 6.10 Å². The van der Waals surface area contributed by atoms with Crippen molar-refractivity contribution in [1.29, 1.82) is 0 Å². The molecule has 1 N–H and O–H groups in total. The Morgan fingerprint density at radius 2 is 1.89 bits per heavy atom. The van der Waals surface area contributed by atoms with Crippen LogP contribution in [0.3, 0.4) is 0 Å². The molecule has 0 aliphatic carbocycles. The molecule has 0 saturated heterocycles. The van der Waals surface area contributed by atoms with E-state index in [1.807, 2.05) is 42.5 Å². The summed E-state index contributed by atoms with van der Waals surface area (Å²) in [5.74, 6) is 0.753. The van der Waals surface area contributed by atoms with Crippen molar-refractivity contribution in [2.45, 2.75) is 19.6 Å². The Morgan fingerprint density at radius 3 is 2.47 bits per heavy atom. The van der Waals surface area contributed by atoms with E-state index in [0.717, 1.165) is 21.3 Å². The van der Waals surface area contributed by atoms with Crippen LogP contribution in [-0.2, 0) is 6.61 Å². The SMILES string of the molecule is C[C@@H](O)c1ccc(OCc2ccc(Br)cc2Cl)cc1. The fourth-order valence-electron chi connectivity index (χ4n) is 1.64. The number of hydrogen-bond donors (Lipinski definition) is 1. The maximum absolute atomic E-state index is 9.42. The van der Waals surface area contributed by atoms with Gasteiger partial charge in [0.1, 0.15) is 12.4 Å². The predicted molar refractivity (Wildman–Crippen MR) is 80.6 cm³/mol. The van der Waals surface area contributed by atoms with Gasteiger partial charge in [-0.05, 0) is 36.8 Å². The van der Waals surface area contributed by atoms with Crippen LogP contribution in [0.25, 0.3) is 0 Å². The number of aliphatic hydroxyl groups excluding tert-OH is 1. The number of benzene rings is 2. The lowest BCUT2D eigenvalue weighted by atomic mass is 10.1. The van der Waals surface area contributed by atoms with Gasteiger partial charge in [0.25, 0.3) is 0 Å². The smallest absolute Gasteiger partial charge is 0.119 e. The Kier molecular flexibility index (Phi) is 4.86. The highest BCUT2D eigenvalue weighted by atomic mass is 79.9. The summed E-state index contributed by atoms with van der Waals surface area (Å²) in [6.45, 7) is 2.15. The number of ether oxygens (including phenoxy) is 1. The van der Waals surface area contributed by atoms with Crippen molar-refractivity contribution >= 4 is 27.5 Å². The average molecular weight is 342 g/mol. The molecular weight excluding hydrogens is 328 g/mol. The second-order valence-electron chi connectivity index (χ2n) is 4.27. The highest BCUT2D eigenvalue weighted by molar-refractivity contribution is 9.10. The van der Waals surface area contributed by atoms with E-state index in [0.29, 0.717) is 11.6 Å². The van der Waals surface area contributed by atoms with Crippen LogP contribution < -0.4 is 4.74 Å². The van der Waals surface area contributed by atoms with Gasteiger partial charge < -0.3 is 9.84 Å². The van der Waals surface area contributed by atoms with Crippen molar-refractivity contribution in [3.05, 3.63) is 63.1 Å². The molecule has 19 heavy (non-hydrogen) atoms. The van der Waals surface area contributed by atoms with Crippen molar-refractivity contribution in [2.24, 2.45) is 0 Å². The third-order valence-electron chi connectivity index (χ3n) is 2.77. The maximum Gasteiger partial charge on any atom is 0.119 e. The molecule has 0 aliphatic heterocycles. The van der Waals surface area contributed by atoms with Gasteiger partial charge in [-0.25, -0.2) is 0 Å². The lowest BCUT2D eigenvalue weighted by Crippen LogP contribution is -1.97. The third-order valence-corrected chi connectivity index (χ3v) is 3.62. The van der Waals surface area contributed by atoms with Gasteiger partial charge in [-0.2, -0.15) is 0 Å². The van der Waals surface area contributed by atoms with Crippen LogP contribution in [0.15, 0.2) is 46.9 Å². The molecule has 2 nitrogen and oxygen atoms in total. The van der Waals surface area contributed by atoms with Crippen LogP contribution in [0, 0.1) is 0 Å². The second-order valence-corrected chi connectivity index (χ2v) is 5.59. The molecule has 0 aliphatic rings. The molecule has 0 bridgehead atoms. The van der Waals surface area contributed by atoms with Crippen molar-refractivity contribution in [1.82, 2.24) is 0 Å². The van der Waals surface area contributed by atoms with Gasteiger partial charge in [0.15, 0.2) is 0 Å². The molecule has 0 fully saturated rings. The van der Waals surface area contributed by atoms with E-state index in [9.17, 15) is 5.11 Å². The fraction of sp³-hybridized carbons (Fsp3) is 0.200. The first-order valence-electron chi connectivity index (χ1n) is 5.91. The summed E-state index contributed by atoms with van der Waals surface area (Å²) < 4.78 is 6.61. The van der Waals surface area contributed by atoms with Crippen molar-refractivity contribution in [3.63, 3.8) is 0 Å². The molecule has 4 heteroatoms. The zero-order chi connectivity index (χ0) is 13.8. The highest BCUT2D eigenvalue weighted by Gasteiger charge is 2.04. The minimum absolute atomic E-state index is 0.417. The van der Waals surface area contributed by atoms with Crippen LogP contribution in [0.1, 0.15) is 24.2 Å². The molecule has 100 valence electrons. The number of hydrogen-bond acceptors (Lipinski definition) is 2. The number of halogens is 2. The van der Waals surface area contributed by atoms with Crippen LogP contribution in [-0.4, -0.2) is 5.11 Å². The first kappa shape index (κ1) is 14.4. The van der Waals surface area contributed by atoms with E-state index in [2.05, 4.69) is 15.9 Å². The maximum atomic E-state index is 9.42. The van der Waals surface area contributed by atoms with E-state index >= 15 is 0 Å². The second kappa shape index (κ2) is 6.42. The monoisotopic (exact) mass is 340 g/mol. The fourth-order valence-corrected chi connectivity index (χ4v) is 2.37. The summed E-state index contributed by atoms with van der Waals surface area (Å²) >= 11 is 9.48. The van der Waals surface area contributed by atoms with Crippen LogP contribution in [0.2, 0.25) is 5.02 Å². The Bertz CT molecular complexity index is 553. The van der Waals surface area contributed by atoms with E-state index in [-0.39, 0.29) is 0 Å². The Labute approximate surface area is 126 Å². The van der Waals surface area contributed by atoms with Crippen LogP contribution >= 0.6 is 27.5 Å². The van der Waals surface area contributed by atoms with Crippen molar-refractivity contribution in [2.75, 3.05) is 0 Å². The normalized spacial score (nSPS) is 12.2. The molecule has 0 radical (unpaired) electrons. The van der Waals surface area contributed by atoms with Crippen molar-refractivity contribution in [3.8, 4) is 5.75 Å². The Balaban J connectivity index is 2.02. The number of aliphatic hydroxyl groups is 1. The molecule has 2 rings (SSSR count). The van der Waals surface area contributed by atoms with Gasteiger partial charge in [0.2, 0.25) is 0 Å². The van der Waals surface area contributed by atoms with Gasteiger partial charge in [0, 0.05) is 15.1 Å². The van der Waals surface area contributed by atoms with Crippen molar-refractivity contribution < 1.29 is 9.84 Å². The van der Waals surface area contributed by atoms with Gasteiger partial charge in [0.05, 0.1) is 6.10 Å². The summed E-state index contributed by atoms with van der Waals surface area (Å²) in [6.07, 6.45) is -0.463. The van der Waals surface area contributed by atoms with Gasteiger partial charge >= 0.3 is 0 Å². The zero-order valence-corrected chi connectivity index (χ0v) is 12.8. The van der Waals surface area contributed by atoms with E-state index in [4.69, 9.17) is 16.3 Å². The molecule has 0 aromatic heterocycles. The minimum Gasteiger partial charge on any atom is -0.489 e. The lowest BCUT2D eigenvalue weighted by molar-refractivity contribution is 0.199. The predicted octanol–water partition coefficient (Wildman–Crippen LogP) is 4.73. The molecular formula is C15H14BrClO2. The van der Waals surface area contributed by atoms with Gasteiger partial charge in [-0.15, -0.1) is 0 Å². The topological polar surface area (TPSA) is 29.5 Å². The molecule has 0 spiro atoms. The molecule has 0 unspecified atom stereocenters. The number of rotatable bonds is 4. The largest absolute Gasteiger partial charge is 0.489 e. The summed E-state index contributed by atoms with van der Waals surface area (Å²) in [5, 5.41) is 10.1. The molecule has 1 atom stereocenters. The minimum atomic E-state index is -0.463. The Morgan fingerprint density at radius 1 is 1.21 bits per heavy atom. The van der Waals surface area contributed by atoms with Crippen LogP contribution in [0.4, 0.5) is 0 Å². The molecule has 0 heterocycles. The van der Waals surface area contributed by atoms with Gasteiger partial charge in [-0.3, -0.25) is 0 Å². The average Bonchev–Trinajstić information content (AvgIpc) is 2.38. The van der Waals surface area contributed by atoms with Crippen LogP contribution in [0.5, 0.6) is 5.75 Å². The summed E-state index contributed by atoms with van der Waals surface area (Å²) in [4.78, 5) is 0. The quantitative estimate of drug-likeness (QED) is 0.870. The molecule has 2 aromatic rings. The summed E-state index contributed by atoms with van der Waals surface area (Å²) in [7, 11) is 0. The lowest BCUT2D eigenvalue weighted by Gasteiger charge is -2.09. The van der Waals surface area contributed by atoms with E-state index in [1.54, 1.807) is 6.92 Å². The third kappa shape index (κ3) is 3.96. The zero-order valence-electron chi connectivity index (χ0n) is 10.4. The first-order valence-corrected chi connectivity index (χ1v) is 7.08. The standard InChI is InChI=1S/C15H14BrClO2/c1-10(18)11-3-6-14(7-4-11)19-9-12-2-5-13(16)8-15(12)17/h2-8,10,18H,9H2,1H3/t10-/m1/s1. The molecule has 0 saturated carbocycles. The Hall–Kier alpha value is -1.03.